The van der Waals surface area contributed by atoms with Crippen LogP contribution < -0.4 is 10.5 Å². The molecule has 1 heterocycles. The molecule has 1 aliphatic rings. The first-order chi connectivity index (χ1) is 8.38. The van der Waals surface area contributed by atoms with E-state index in [0.717, 1.165) is 5.56 Å². The average Bonchev–Trinajstić information content (AvgIpc) is 2.52. The Bertz CT molecular complexity index is 486. The van der Waals surface area contributed by atoms with E-state index in [1.165, 1.54) is 0 Å². The molecule has 1 aromatic rings. The summed E-state index contributed by atoms with van der Waals surface area (Å²) in [6, 6.07) is 6.54. The third kappa shape index (κ3) is 2.63. The number of carbonyl (C=O) groups is 2. The van der Waals surface area contributed by atoms with Gasteiger partial charge in [-0.05, 0) is 24.1 Å². The molecule has 0 bridgehead atoms. The predicted molar refractivity (Wildman–Crippen MR) is 68.1 cm³/mol. The summed E-state index contributed by atoms with van der Waals surface area (Å²) in [6.45, 7) is 0. The van der Waals surface area contributed by atoms with E-state index in [1.807, 2.05) is 0 Å². The van der Waals surface area contributed by atoms with Gasteiger partial charge in [-0.25, -0.2) is 0 Å². The fraction of sp³-hybridized carbons (Fsp3) is 0.273. The van der Waals surface area contributed by atoms with Gasteiger partial charge in [0.15, 0.2) is 0 Å². The van der Waals surface area contributed by atoms with Crippen molar-refractivity contribution in [2.24, 2.45) is 5.73 Å². The van der Waals surface area contributed by atoms with Crippen LogP contribution in [0.5, 0.6) is 0 Å². The predicted octanol–water partition coefficient (Wildman–Crippen LogP) is 0.882. The third-order valence-electron chi connectivity index (χ3n) is 2.84. The van der Waals surface area contributed by atoms with E-state index in [2.05, 4.69) is 4.72 Å². The summed E-state index contributed by atoms with van der Waals surface area (Å²) in [5, 5.41) is -0.524. The normalized spacial score (nSPS) is 23.4. The monoisotopic (exact) mass is 270 g/mol. The summed E-state index contributed by atoms with van der Waals surface area (Å²) in [5.74, 6) is -0.864. The molecule has 0 aliphatic carbocycles. The van der Waals surface area contributed by atoms with Crippen molar-refractivity contribution < 1.29 is 18.7 Å². The van der Waals surface area contributed by atoms with Crippen LogP contribution >= 0.6 is 10.8 Å². The first-order valence-corrected chi connectivity index (χ1v) is 6.96. The largest absolute Gasteiger partial charge is 0.366 e. The number of hydrogen-bond acceptors (Lipinski definition) is 4. The SMILES string of the molecule is NC(=O)c1ccc(CC2CC(=O)NS2(O)O)cc1. The molecule has 2 rings (SSSR count). The number of amides is 2. The lowest BCUT2D eigenvalue weighted by Crippen LogP contribution is -2.22. The minimum absolute atomic E-state index is 0.0971. The maximum Gasteiger partial charge on any atom is 0.248 e. The molecule has 98 valence electrons. The van der Waals surface area contributed by atoms with Gasteiger partial charge in [0.25, 0.3) is 0 Å². The van der Waals surface area contributed by atoms with Gasteiger partial charge in [-0.2, -0.15) is 0 Å². The Kier molecular flexibility index (Phi) is 3.29. The number of primary amides is 1. The van der Waals surface area contributed by atoms with E-state index < -0.39 is 21.9 Å². The summed E-state index contributed by atoms with van der Waals surface area (Å²) in [6.07, 6.45) is 0.458. The van der Waals surface area contributed by atoms with Crippen molar-refractivity contribution in [3.05, 3.63) is 35.4 Å². The molecule has 1 atom stereocenters. The smallest absolute Gasteiger partial charge is 0.248 e. The summed E-state index contributed by atoms with van der Waals surface area (Å²) < 4.78 is 21.5. The van der Waals surface area contributed by atoms with Gasteiger partial charge in [0.2, 0.25) is 11.8 Å². The molecule has 0 aromatic heterocycles. The summed E-state index contributed by atoms with van der Waals surface area (Å²) in [5.41, 5.74) is 6.33. The molecule has 5 N–H and O–H groups in total. The highest BCUT2D eigenvalue weighted by molar-refractivity contribution is 8.23. The van der Waals surface area contributed by atoms with Crippen LogP contribution in [0, 0.1) is 0 Å². The second-order valence-corrected chi connectivity index (χ2v) is 6.27. The highest BCUT2D eigenvalue weighted by Crippen LogP contribution is 2.47. The van der Waals surface area contributed by atoms with Gasteiger partial charge in [0, 0.05) is 5.56 Å². The maximum absolute atomic E-state index is 11.1. The molecule has 0 radical (unpaired) electrons. The molecule has 1 saturated heterocycles. The molecule has 0 saturated carbocycles. The van der Waals surface area contributed by atoms with E-state index in [9.17, 15) is 18.7 Å². The zero-order valence-corrected chi connectivity index (χ0v) is 10.3. The van der Waals surface area contributed by atoms with Crippen molar-refractivity contribution in [2.75, 3.05) is 0 Å². The van der Waals surface area contributed by atoms with Crippen molar-refractivity contribution in [1.29, 1.82) is 0 Å². The standard InChI is InChI=1S/C11H14N2O4S/c12-11(15)8-3-1-7(2-4-8)5-9-6-10(14)13-18(9,16)17/h1-4,9,16-17H,5-6H2,(H2,12,15)(H,13,14). The quantitative estimate of drug-likeness (QED) is 0.653. The highest BCUT2D eigenvalue weighted by Gasteiger charge is 2.36. The molecule has 7 heteroatoms. The Hall–Kier alpha value is -1.57. The number of hydrogen-bond donors (Lipinski definition) is 4. The number of nitrogens with two attached hydrogens (primary N) is 1. The second-order valence-electron chi connectivity index (χ2n) is 4.21. The molecule has 1 fully saturated rings. The number of rotatable bonds is 3. The molecule has 1 aliphatic heterocycles. The lowest BCUT2D eigenvalue weighted by molar-refractivity contribution is -0.118. The van der Waals surface area contributed by atoms with Gasteiger partial charge >= 0.3 is 0 Å². The molecular formula is C11H14N2O4S. The number of nitrogens with one attached hydrogen (secondary N) is 1. The molecule has 18 heavy (non-hydrogen) atoms. The topological polar surface area (TPSA) is 113 Å². The number of carbonyl (C=O) groups excluding carboxylic acids is 2. The van der Waals surface area contributed by atoms with Crippen LogP contribution in [-0.4, -0.2) is 26.2 Å². The highest BCUT2D eigenvalue weighted by atomic mass is 32.3. The lowest BCUT2D eigenvalue weighted by atomic mass is 10.1. The summed E-state index contributed by atoms with van der Waals surface area (Å²) in [7, 11) is -3.05. The van der Waals surface area contributed by atoms with Gasteiger partial charge in [0.1, 0.15) is 0 Å². The van der Waals surface area contributed by atoms with Crippen LogP contribution in [0.25, 0.3) is 0 Å². The van der Waals surface area contributed by atoms with Crippen LogP contribution in [0.15, 0.2) is 24.3 Å². The van der Waals surface area contributed by atoms with Crippen LogP contribution in [0.1, 0.15) is 22.3 Å². The fourth-order valence-electron chi connectivity index (χ4n) is 1.87. The van der Waals surface area contributed by atoms with Crippen LogP contribution in [0.4, 0.5) is 0 Å². The van der Waals surface area contributed by atoms with Crippen LogP contribution in [-0.2, 0) is 11.2 Å². The van der Waals surface area contributed by atoms with E-state index in [1.54, 1.807) is 24.3 Å². The van der Waals surface area contributed by atoms with Crippen molar-refractivity contribution in [3.8, 4) is 0 Å². The molecule has 1 aromatic carbocycles. The van der Waals surface area contributed by atoms with Crippen molar-refractivity contribution in [1.82, 2.24) is 4.72 Å². The van der Waals surface area contributed by atoms with Gasteiger partial charge in [0.05, 0.1) is 11.7 Å². The Labute approximate surface area is 106 Å². The van der Waals surface area contributed by atoms with Crippen molar-refractivity contribution in [2.45, 2.75) is 18.1 Å². The van der Waals surface area contributed by atoms with Crippen LogP contribution in [0.2, 0.25) is 0 Å². The summed E-state index contributed by atoms with van der Waals surface area (Å²) >= 11 is 0. The number of benzene rings is 1. The Balaban J connectivity index is 2.10. The van der Waals surface area contributed by atoms with Gasteiger partial charge in [-0.15, -0.1) is 10.8 Å². The molecule has 1 unspecified atom stereocenters. The van der Waals surface area contributed by atoms with Crippen LogP contribution in [0.3, 0.4) is 0 Å². The first-order valence-electron chi connectivity index (χ1n) is 5.35. The Morgan fingerprint density at radius 2 is 2.00 bits per heavy atom. The fourth-order valence-corrected chi connectivity index (χ4v) is 3.27. The van der Waals surface area contributed by atoms with E-state index in [4.69, 9.17) is 5.73 Å². The van der Waals surface area contributed by atoms with Gasteiger partial charge in [-0.3, -0.25) is 23.4 Å². The molecule has 6 nitrogen and oxygen atoms in total. The third-order valence-corrected chi connectivity index (χ3v) is 4.63. The molecular weight excluding hydrogens is 256 g/mol. The minimum atomic E-state index is -3.05. The lowest BCUT2D eigenvalue weighted by Gasteiger charge is -2.32. The summed E-state index contributed by atoms with van der Waals surface area (Å²) in [4.78, 5) is 22.0. The molecule has 0 spiro atoms. The average molecular weight is 270 g/mol. The maximum atomic E-state index is 11.1. The zero-order chi connectivity index (χ0) is 13.3. The second kappa shape index (κ2) is 4.60. The van der Waals surface area contributed by atoms with Gasteiger partial charge in [-0.1, -0.05) is 12.1 Å². The van der Waals surface area contributed by atoms with Crippen molar-refractivity contribution in [3.63, 3.8) is 0 Å². The Morgan fingerprint density at radius 1 is 1.39 bits per heavy atom. The minimum Gasteiger partial charge on any atom is -0.366 e. The van der Waals surface area contributed by atoms with Gasteiger partial charge < -0.3 is 5.73 Å². The zero-order valence-electron chi connectivity index (χ0n) is 9.50. The van der Waals surface area contributed by atoms with E-state index in [-0.39, 0.29) is 12.3 Å². The van der Waals surface area contributed by atoms with Crippen molar-refractivity contribution >= 4 is 22.6 Å². The molecule has 2 amide bonds. The van der Waals surface area contributed by atoms with E-state index >= 15 is 0 Å². The Morgan fingerprint density at radius 3 is 2.44 bits per heavy atom. The first kappa shape index (κ1) is 12.9. The van der Waals surface area contributed by atoms with E-state index in [0.29, 0.717) is 12.0 Å².